The van der Waals surface area contributed by atoms with Crippen LogP contribution in [0.1, 0.15) is 105 Å². The minimum atomic E-state index is -2.76. The molecule has 1 atom stereocenters. The number of pyridine rings is 1. The summed E-state index contributed by atoms with van der Waals surface area (Å²) in [5.74, 6) is -0.138. The molecule has 1 unspecified atom stereocenters. The molecule has 0 bridgehead atoms. The van der Waals surface area contributed by atoms with Crippen molar-refractivity contribution in [2.24, 2.45) is 5.41 Å². The highest BCUT2D eigenvalue weighted by molar-refractivity contribution is 6.33. The standard InChI is InChI=1S/C47H55ClN8O8/c1-5-30(57)24-63-39-21-28-20-29(6-8-36(28)56(27(2)3)45(39)61)50-42-35(48)22-49-46(52-42)53-18-14-32(15-19-53)64-31-12-16-47(17-13-31)25-54(26-47)37-9-7-33-34(41(37)62-4)23-55(44(33)60)38-10-11-40(58)51-43(38)59/h6-9,20-22,27,31-32,38H,5,10-19,23-26H2,1-4H3,(H,49,50,52)(H,51,58,59)/i4D3. The normalized spacial score (nSPS) is 21.1. The predicted octanol–water partition coefficient (Wildman–Crippen LogP) is 6.33. The first-order valence-corrected chi connectivity index (χ1v) is 22.6. The maximum absolute atomic E-state index is 13.5. The zero-order valence-corrected chi connectivity index (χ0v) is 37.0. The number of piperidine rings is 2. The first-order valence-electron chi connectivity index (χ1n) is 23.8. The van der Waals surface area contributed by atoms with Gasteiger partial charge in [-0.05, 0) is 95.2 Å². The molecule has 3 saturated heterocycles. The van der Waals surface area contributed by atoms with Gasteiger partial charge in [0.1, 0.15) is 23.4 Å². The smallest absolute Gasteiger partial charge is 0.293 e. The maximum Gasteiger partial charge on any atom is 0.293 e. The van der Waals surface area contributed by atoms with Gasteiger partial charge in [-0.3, -0.25) is 29.3 Å². The van der Waals surface area contributed by atoms with E-state index < -0.39 is 19.0 Å². The number of imide groups is 1. The second-order valence-electron chi connectivity index (χ2n) is 18.0. The minimum Gasteiger partial charge on any atom is -0.494 e. The summed E-state index contributed by atoms with van der Waals surface area (Å²) < 4.78 is 43.4. The third-order valence-electron chi connectivity index (χ3n) is 13.5. The van der Waals surface area contributed by atoms with Crippen molar-refractivity contribution in [3.05, 3.63) is 69.1 Å². The van der Waals surface area contributed by atoms with E-state index in [1.165, 1.54) is 4.90 Å². The number of nitrogens with zero attached hydrogens (tertiary/aromatic N) is 6. The van der Waals surface area contributed by atoms with E-state index in [2.05, 4.69) is 25.4 Å². The van der Waals surface area contributed by atoms with Crippen LogP contribution in [0.2, 0.25) is 5.02 Å². The molecule has 1 saturated carbocycles. The Kier molecular flexibility index (Phi) is 11.0. The topological polar surface area (TPSA) is 178 Å². The fourth-order valence-corrected chi connectivity index (χ4v) is 10.2. The van der Waals surface area contributed by atoms with Crippen molar-refractivity contribution >= 4 is 69.1 Å². The molecule has 2 N–H and O–H groups in total. The average Bonchev–Trinajstić information content (AvgIpc) is 3.61. The summed E-state index contributed by atoms with van der Waals surface area (Å²) in [7, 11) is -2.76. The predicted molar refractivity (Wildman–Crippen MR) is 242 cm³/mol. The van der Waals surface area contributed by atoms with E-state index in [1.807, 2.05) is 32.0 Å². The van der Waals surface area contributed by atoms with Crippen LogP contribution in [0.15, 0.2) is 47.4 Å². The fraction of sp³-hybridized carbons (Fsp3) is 0.511. The van der Waals surface area contributed by atoms with Crippen molar-refractivity contribution in [1.82, 2.24) is 24.8 Å². The summed E-state index contributed by atoms with van der Waals surface area (Å²) in [5, 5.41) is 6.75. The number of ether oxygens (including phenoxy) is 3. The van der Waals surface area contributed by atoms with E-state index in [0.717, 1.165) is 62.5 Å². The van der Waals surface area contributed by atoms with Gasteiger partial charge in [0, 0.05) is 72.7 Å². The lowest BCUT2D eigenvalue weighted by atomic mass is 9.67. The summed E-state index contributed by atoms with van der Waals surface area (Å²) in [6.45, 7) is 8.31. The summed E-state index contributed by atoms with van der Waals surface area (Å²) in [6.07, 6.45) is 7.85. The van der Waals surface area contributed by atoms with E-state index >= 15 is 0 Å². The average molecular weight is 898 g/mol. The molecule has 4 fully saturated rings. The molecule has 2 aromatic carbocycles. The number of carbonyl (C=O) groups excluding carboxylic acids is 4. The van der Waals surface area contributed by atoms with E-state index in [4.69, 9.17) is 34.9 Å². The second-order valence-corrected chi connectivity index (χ2v) is 18.5. The van der Waals surface area contributed by atoms with E-state index in [9.17, 15) is 24.0 Å². The number of amides is 3. The number of fused-ring (bicyclic) bond motifs is 2. The lowest BCUT2D eigenvalue weighted by Gasteiger charge is -2.55. The summed E-state index contributed by atoms with van der Waals surface area (Å²) in [6, 6.07) is 9.76. The molecule has 64 heavy (non-hydrogen) atoms. The van der Waals surface area contributed by atoms with Crippen LogP contribution in [0.4, 0.5) is 23.1 Å². The molecule has 1 aliphatic carbocycles. The van der Waals surface area contributed by atoms with Gasteiger partial charge in [-0.25, -0.2) is 4.98 Å². The summed E-state index contributed by atoms with van der Waals surface area (Å²) in [4.78, 5) is 78.2. The van der Waals surface area contributed by atoms with Gasteiger partial charge >= 0.3 is 0 Å². The number of rotatable bonds is 13. The van der Waals surface area contributed by atoms with E-state index in [-0.39, 0.29) is 84.3 Å². The van der Waals surface area contributed by atoms with Gasteiger partial charge < -0.3 is 38.8 Å². The lowest BCUT2D eigenvalue weighted by molar-refractivity contribution is -0.137. The number of methoxy groups -OCH3 is 1. The molecule has 4 aromatic rings. The number of ketones is 1. The number of halogens is 1. The highest BCUT2D eigenvalue weighted by Crippen LogP contribution is 2.50. The number of hydrogen-bond donors (Lipinski definition) is 2. The van der Waals surface area contributed by atoms with Crippen molar-refractivity contribution in [2.75, 3.05) is 54.9 Å². The number of hydrogen-bond acceptors (Lipinski definition) is 13. The number of nitrogens with one attached hydrogen (secondary N) is 2. The molecule has 9 rings (SSSR count). The molecule has 2 aromatic heterocycles. The lowest BCUT2D eigenvalue weighted by Crippen LogP contribution is -2.58. The molecule has 17 heteroatoms. The van der Waals surface area contributed by atoms with Crippen LogP contribution < -0.4 is 35.5 Å². The highest BCUT2D eigenvalue weighted by atomic mass is 35.5. The number of carbonyl (C=O) groups is 4. The molecule has 1 spiro atoms. The van der Waals surface area contributed by atoms with Crippen LogP contribution in [0.25, 0.3) is 10.9 Å². The molecule has 0 radical (unpaired) electrons. The van der Waals surface area contributed by atoms with Crippen molar-refractivity contribution in [2.45, 2.75) is 109 Å². The second kappa shape index (κ2) is 17.7. The zero-order valence-electron chi connectivity index (χ0n) is 39.3. The molecular formula is C47H55ClN8O8. The SMILES string of the molecule is [2H]C([2H])([2H])Oc1c(N2CC3(CCC(OC4CCN(c5ncc(Cl)c(Nc6ccc7c(c6)cc(OCC(=O)CC)c(=O)n7C(C)C)n5)CC4)CC3)C2)ccc2c1CN(C1CCC(=O)NC1=O)C2=O. The Morgan fingerprint density at radius 3 is 2.50 bits per heavy atom. The third-order valence-corrected chi connectivity index (χ3v) is 13.8. The Morgan fingerprint density at radius 1 is 1.02 bits per heavy atom. The van der Waals surface area contributed by atoms with Gasteiger partial charge in [-0.2, -0.15) is 4.98 Å². The Morgan fingerprint density at radius 2 is 1.78 bits per heavy atom. The summed E-state index contributed by atoms with van der Waals surface area (Å²) in [5.41, 5.74) is 2.56. The van der Waals surface area contributed by atoms with Crippen molar-refractivity contribution in [3.8, 4) is 11.5 Å². The highest BCUT2D eigenvalue weighted by Gasteiger charge is 2.48. The van der Waals surface area contributed by atoms with Crippen LogP contribution >= 0.6 is 11.6 Å². The fourth-order valence-electron chi connectivity index (χ4n) is 10.0. The van der Waals surface area contributed by atoms with Gasteiger partial charge in [0.2, 0.25) is 17.8 Å². The van der Waals surface area contributed by atoms with Crippen LogP contribution in [-0.4, -0.2) is 101 Å². The number of Topliss-reactive ketones (excluding diaryl/α,β-unsaturated/α-hetero) is 1. The zero-order chi connectivity index (χ0) is 47.4. The molecule has 338 valence electrons. The summed E-state index contributed by atoms with van der Waals surface area (Å²) >= 11 is 6.61. The van der Waals surface area contributed by atoms with Crippen LogP contribution in [-0.2, 0) is 25.7 Å². The van der Waals surface area contributed by atoms with Crippen LogP contribution in [0, 0.1) is 5.41 Å². The van der Waals surface area contributed by atoms with Crippen molar-refractivity contribution < 1.29 is 37.5 Å². The number of aromatic nitrogens is 3. The first kappa shape index (κ1) is 39.8. The van der Waals surface area contributed by atoms with E-state index in [0.29, 0.717) is 58.8 Å². The Labute approximate surface area is 380 Å². The Bertz CT molecular complexity index is 2670. The van der Waals surface area contributed by atoms with Gasteiger partial charge in [-0.1, -0.05) is 18.5 Å². The Hall–Kier alpha value is -5.74. The largest absolute Gasteiger partial charge is 0.494 e. The molecular weight excluding hydrogens is 840 g/mol. The van der Waals surface area contributed by atoms with Gasteiger partial charge in [-0.15, -0.1) is 0 Å². The monoisotopic (exact) mass is 897 g/mol. The van der Waals surface area contributed by atoms with E-state index in [1.54, 1.807) is 35.9 Å². The Balaban J connectivity index is 0.788. The van der Waals surface area contributed by atoms with Gasteiger partial charge in [0.25, 0.3) is 11.5 Å². The quantitative estimate of drug-likeness (QED) is 0.143. The number of benzene rings is 2. The third kappa shape index (κ3) is 8.37. The van der Waals surface area contributed by atoms with Crippen LogP contribution in [0.5, 0.6) is 11.5 Å². The van der Waals surface area contributed by atoms with Crippen molar-refractivity contribution in [3.63, 3.8) is 0 Å². The maximum atomic E-state index is 13.5. The number of anilines is 4. The van der Waals surface area contributed by atoms with Gasteiger partial charge in [0.05, 0.1) is 47.3 Å². The van der Waals surface area contributed by atoms with Gasteiger partial charge in [0.15, 0.2) is 17.4 Å². The molecule has 6 heterocycles. The van der Waals surface area contributed by atoms with Crippen molar-refractivity contribution in [1.29, 1.82) is 0 Å². The molecule has 4 aliphatic heterocycles. The van der Waals surface area contributed by atoms with Crippen LogP contribution in [0.3, 0.4) is 0 Å². The molecule has 5 aliphatic rings. The first-order chi connectivity index (χ1) is 32.0. The minimum absolute atomic E-state index is 0.0161. The molecule has 3 amide bonds. The molecule has 16 nitrogen and oxygen atoms in total.